The zero-order valence-corrected chi connectivity index (χ0v) is 9.45. The molecule has 4 unspecified atom stereocenters. The number of piperidine rings is 1. The molecule has 1 aliphatic heterocycles. The van der Waals surface area contributed by atoms with E-state index in [4.69, 9.17) is 5.73 Å². The molecule has 14 heavy (non-hydrogen) atoms. The molecule has 3 heteroatoms. The van der Waals surface area contributed by atoms with Crippen LogP contribution in [0.1, 0.15) is 32.1 Å². The quantitative estimate of drug-likeness (QED) is 0.609. The molecule has 0 aromatic heterocycles. The first-order valence-corrected chi connectivity index (χ1v) is 5.95. The highest BCUT2D eigenvalue weighted by Gasteiger charge is 2.40. The molecule has 1 saturated heterocycles. The fraction of sp³-hybridized carbons (Fsp3) is 1.00. The van der Waals surface area contributed by atoms with E-state index in [9.17, 15) is 0 Å². The molecule has 0 amide bonds. The molecule has 0 aromatic carbocycles. The molecule has 1 heterocycles. The minimum Gasteiger partial charge on any atom is -0.329 e. The van der Waals surface area contributed by atoms with Gasteiger partial charge in [0.05, 0.1) is 6.04 Å². The van der Waals surface area contributed by atoms with Crippen LogP contribution in [-0.4, -0.2) is 37.2 Å². The molecule has 2 aliphatic rings. The maximum atomic E-state index is 6.27. The Bertz CT molecular complexity index is 193. The highest BCUT2D eigenvalue weighted by Crippen LogP contribution is 2.28. The highest BCUT2D eigenvalue weighted by molar-refractivity contribution is 4.86. The van der Waals surface area contributed by atoms with Gasteiger partial charge in [-0.25, -0.2) is 0 Å². The summed E-state index contributed by atoms with van der Waals surface area (Å²) in [5.74, 6) is 0.792. The molecule has 1 saturated carbocycles. The molecule has 82 valence electrons. The Hall–Kier alpha value is -0.120. The zero-order chi connectivity index (χ0) is 10.1. The van der Waals surface area contributed by atoms with Gasteiger partial charge in [0.1, 0.15) is 6.17 Å². The molecule has 4 N–H and O–H groups in total. The third kappa shape index (κ3) is 1.95. The minimum absolute atomic E-state index is 0.442. The molecule has 0 radical (unpaired) electrons. The predicted octanol–water partition coefficient (Wildman–Crippen LogP) is -0.273. The molecule has 0 spiro atoms. The Morgan fingerprint density at radius 1 is 1.21 bits per heavy atom. The van der Waals surface area contributed by atoms with Crippen LogP contribution < -0.4 is 11.1 Å². The van der Waals surface area contributed by atoms with Crippen molar-refractivity contribution in [2.45, 2.75) is 50.4 Å². The van der Waals surface area contributed by atoms with Gasteiger partial charge in [0, 0.05) is 18.4 Å². The Morgan fingerprint density at radius 2 is 1.93 bits per heavy atom. The smallest absolute Gasteiger partial charge is 0.143 e. The van der Waals surface area contributed by atoms with E-state index in [0.29, 0.717) is 12.2 Å². The molecule has 0 bridgehead atoms. The summed E-state index contributed by atoms with van der Waals surface area (Å²) in [6.45, 7) is 0. The number of nitrogens with zero attached hydrogens (tertiary/aromatic N) is 1. The molecular formula is C11H24N3+. The van der Waals surface area contributed by atoms with Crippen molar-refractivity contribution >= 4 is 0 Å². The maximum absolute atomic E-state index is 6.27. The second kappa shape index (κ2) is 4.17. The SMILES string of the molecule is CN(C)C1CC(N)C2CCCCC2[NH2+]1. The van der Waals surface area contributed by atoms with Crippen LogP contribution in [0.5, 0.6) is 0 Å². The van der Waals surface area contributed by atoms with Crippen molar-refractivity contribution in [3.8, 4) is 0 Å². The van der Waals surface area contributed by atoms with Gasteiger partial charge in [0.15, 0.2) is 0 Å². The van der Waals surface area contributed by atoms with E-state index in [0.717, 1.165) is 18.4 Å². The van der Waals surface area contributed by atoms with Crippen molar-refractivity contribution < 1.29 is 5.32 Å². The van der Waals surface area contributed by atoms with Gasteiger partial charge in [-0.15, -0.1) is 0 Å². The monoisotopic (exact) mass is 198 g/mol. The van der Waals surface area contributed by atoms with Crippen molar-refractivity contribution in [1.82, 2.24) is 4.90 Å². The first-order valence-electron chi connectivity index (χ1n) is 5.95. The normalized spacial score (nSPS) is 43.7. The van der Waals surface area contributed by atoms with Crippen LogP contribution >= 0.6 is 0 Å². The fourth-order valence-corrected chi connectivity index (χ4v) is 3.16. The van der Waals surface area contributed by atoms with Gasteiger partial charge in [-0.05, 0) is 33.4 Å². The lowest BCUT2D eigenvalue weighted by molar-refractivity contribution is -0.755. The molecule has 2 rings (SSSR count). The summed E-state index contributed by atoms with van der Waals surface area (Å²) >= 11 is 0. The Labute approximate surface area is 87.0 Å². The second-order valence-electron chi connectivity index (χ2n) is 5.24. The Kier molecular flexibility index (Phi) is 3.10. The van der Waals surface area contributed by atoms with Gasteiger partial charge >= 0.3 is 0 Å². The van der Waals surface area contributed by atoms with Crippen molar-refractivity contribution in [3.63, 3.8) is 0 Å². The van der Waals surface area contributed by atoms with Crippen molar-refractivity contribution in [2.24, 2.45) is 11.7 Å². The van der Waals surface area contributed by atoms with Gasteiger partial charge in [-0.3, -0.25) is 4.90 Å². The van der Waals surface area contributed by atoms with E-state index in [1.54, 1.807) is 0 Å². The summed E-state index contributed by atoms with van der Waals surface area (Å²) in [7, 11) is 4.33. The maximum Gasteiger partial charge on any atom is 0.143 e. The average molecular weight is 198 g/mol. The summed E-state index contributed by atoms with van der Waals surface area (Å²) < 4.78 is 0. The second-order valence-corrected chi connectivity index (χ2v) is 5.24. The third-order valence-electron chi connectivity index (χ3n) is 4.07. The lowest BCUT2D eigenvalue weighted by atomic mass is 9.76. The summed E-state index contributed by atoms with van der Waals surface area (Å²) in [5.41, 5.74) is 6.27. The molecule has 0 aromatic rings. The van der Waals surface area contributed by atoms with E-state index < -0.39 is 0 Å². The summed E-state index contributed by atoms with van der Waals surface area (Å²) in [6, 6.07) is 1.25. The highest BCUT2D eigenvalue weighted by atomic mass is 15.3. The van der Waals surface area contributed by atoms with E-state index in [2.05, 4.69) is 24.3 Å². The average Bonchev–Trinajstić information content (AvgIpc) is 2.17. The van der Waals surface area contributed by atoms with Crippen LogP contribution in [0.4, 0.5) is 0 Å². The molecule has 2 fully saturated rings. The van der Waals surface area contributed by atoms with E-state index >= 15 is 0 Å². The lowest BCUT2D eigenvalue weighted by Gasteiger charge is -2.42. The number of nitrogens with two attached hydrogens (primary N) is 2. The van der Waals surface area contributed by atoms with Gasteiger partial charge in [0.25, 0.3) is 0 Å². The van der Waals surface area contributed by atoms with Crippen LogP contribution in [0.2, 0.25) is 0 Å². The van der Waals surface area contributed by atoms with Gasteiger partial charge in [0.2, 0.25) is 0 Å². The molecular weight excluding hydrogens is 174 g/mol. The number of hydrogen-bond acceptors (Lipinski definition) is 2. The topological polar surface area (TPSA) is 45.9 Å². The van der Waals surface area contributed by atoms with E-state index in [-0.39, 0.29) is 0 Å². The van der Waals surface area contributed by atoms with Gasteiger partial charge in [-0.2, -0.15) is 0 Å². The molecule has 1 aliphatic carbocycles. The Balaban J connectivity index is 2.00. The van der Waals surface area contributed by atoms with Crippen molar-refractivity contribution in [1.29, 1.82) is 0 Å². The molecule has 3 nitrogen and oxygen atoms in total. The van der Waals surface area contributed by atoms with Crippen LogP contribution in [0, 0.1) is 5.92 Å². The largest absolute Gasteiger partial charge is 0.329 e. The van der Waals surface area contributed by atoms with Crippen LogP contribution in [0.25, 0.3) is 0 Å². The van der Waals surface area contributed by atoms with Crippen LogP contribution in [0.3, 0.4) is 0 Å². The Morgan fingerprint density at radius 3 is 2.64 bits per heavy atom. The first-order chi connectivity index (χ1) is 6.68. The van der Waals surface area contributed by atoms with Gasteiger partial charge < -0.3 is 11.1 Å². The van der Waals surface area contributed by atoms with Crippen LogP contribution in [-0.2, 0) is 0 Å². The van der Waals surface area contributed by atoms with Crippen LogP contribution in [0.15, 0.2) is 0 Å². The van der Waals surface area contributed by atoms with E-state index in [1.807, 2.05) is 0 Å². The zero-order valence-electron chi connectivity index (χ0n) is 9.45. The standard InChI is InChI=1S/C11H23N3/c1-14(2)11-7-9(12)8-5-3-4-6-10(8)13-11/h8-11,13H,3-7,12H2,1-2H3/p+1. The lowest BCUT2D eigenvalue weighted by Crippen LogP contribution is -3.01. The molecule has 4 atom stereocenters. The first kappa shape index (κ1) is 10.4. The predicted molar refractivity (Wildman–Crippen MR) is 57.7 cm³/mol. The van der Waals surface area contributed by atoms with Crippen molar-refractivity contribution in [2.75, 3.05) is 14.1 Å². The summed E-state index contributed by atoms with van der Waals surface area (Å²) in [5, 5.41) is 2.56. The minimum atomic E-state index is 0.442. The fourth-order valence-electron chi connectivity index (χ4n) is 3.16. The summed E-state index contributed by atoms with van der Waals surface area (Å²) in [4.78, 5) is 2.31. The third-order valence-corrected chi connectivity index (χ3v) is 4.07. The number of hydrogen-bond donors (Lipinski definition) is 2. The van der Waals surface area contributed by atoms with Crippen molar-refractivity contribution in [3.05, 3.63) is 0 Å². The summed E-state index contributed by atoms with van der Waals surface area (Å²) in [6.07, 6.45) is 7.32. The van der Waals surface area contributed by atoms with Gasteiger partial charge in [-0.1, -0.05) is 6.42 Å². The number of rotatable bonds is 1. The number of quaternary nitrogens is 1. The number of fused-ring (bicyclic) bond motifs is 1. The van der Waals surface area contributed by atoms with E-state index in [1.165, 1.54) is 25.7 Å².